The zero-order chi connectivity index (χ0) is 64.0. The minimum atomic E-state index is -4.18. The van der Waals surface area contributed by atoms with E-state index in [4.69, 9.17) is 28.4 Å². The summed E-state index contributed by atoms with van der Waals surface area (Å²) in [6, 6.07) is 66.2. The van der Waals surface area contributed by atoms with Gasteiger partial charge in [-0.15, -0.1) is 0 Å². The Labute approximate surface area is 531 Å². The Morgan fingerprint density at radius 1 is 0.380 bits per heavy atom. The van der Waals surface area contributed by atoms with E-state index in [9.17, 15) is 43.9 Å². The van der Waals surface area contributed by atoms with Crippen LogP contribution in [-0.4, -0.2) is 43.9 Å². The topological polar surface area (TPSA) is 232 Å². The van der Waals surface area contributed by atoms with Crippen molar-refractivity contribution in [2.45, 2.75) is 77.5 Å². The summed E-state index contributed by atoms with van der Waals surface area (Å²) in [5.74, 6) is -1.38. The highest BCUT2D eigenvalue weighted by atomic mass is 32.2. The molecule has 2 N–H and O–H groups in total. The Hall–Kier alpha value is -10.2. The van der Waals surface area contributed by atoms with Crippen molar-refractivity contribution in [3.8, 4) is 40.2 Å². The van der Waals surface area contributed by atoms with Crippen molar-refractivity contribution in [1.82, 2.24) is 0 Å². The first kappa shape index (κ1) is 60.7. The second kappa shape index (κ2) is 24.2. The van der Waals surface area contributed by atoms with Crippen molar-refractivity contribution in [2.24, 2.45) is 0 Å². The number of phenolic OH excluding ortho intramolecular Hbond substituents is 2. The van der Waals surface area contributed by atoms with Gasteiger partial charge in [0.25, 0.3) is 0 Å². The summed E-state index contributed by atoms with van der Waals surface area (Å²) < 4.78 is 153. The number of aryl methyl sites for hydroxylation is 1. The fourth-order valence-corrected chi connectivity index (χ4v) is 15.7. The van der Waals surface area contributed by atoms with Crippen LogP contribution < -0.4 is 23.7 Å². The van der Waals surface area contributed by atoms with Gasteiger partial charge >= 0.3 is 5.97 Å². The van der Waals surface area contributed by atoms with Crippen molar-refractivity contribution < 1.29 is 72.3 Å². The normalized spacial score (nSPS) is 17.7. The number of ether oxygens (including phenoxy) is 6. The molecule has 0 aromatic heterocycles. The quantitative estimate of drug-likeness (QED) is 0.158. The number of benzene rings is 11. The van der Waals surface area contributed by atoms with Crippen LogP contribution in [0.4, 0.5) is 0 Å². The lowest BCUT2D eigenvalue weighted by Crippen LogP contribution is -2.42. The molecule has 1 spiro atoms. The van der Waals surface area contributed by atoms with Crippen molar-refractivity contribution in [3.63, 3.8) is 0 Å². The molecule has 10 heterocycles. The van der Waals surface area contributed by atoms with Crippen molar-refractivity contribution in [1.29, 1.82) is 0 Å². The fraction of sp³-hybridized carbons (Fsp3) is 0.0833. The summed E-state index contributed by atoms with van der Waals surface area (Å²) in [4.78, 5) is -0.206. The van der Waals surface area contributed by atoms with Gasteiger partial charge in [0.15, 0.2) is 0 Å². The largest absolute Gasteiger partial charge is 0.508 e. The molecule has 0 amide bonds. The van der Waals surface area contributed by atoms with Crippen LogP contribution >= 0.6 is 0 Å². The smallest absolute Gasteiger partial charge is 0.405 e. The minimum Gasteiger partial charge on any atom is -0.508 e. The third-order valence-electron chi connectivity index (χ3n) is 15.7. The Morgan fingerprint density at radius 2 is 0.696 bits per heavy atom. The second-order valence-corrected chi connectivity index (χ2v) is 29.6. The molecule has 92 heavy (non-hydrogen) atoms. The number of aromatic hydroxyl groups is 2. The van der Waals surface area contributed by atoms with Gasteiger partial charge in [0.05, 0.1) is 45.8 Å². The maximum atomic E-state index is 14.4. The molecule has 10 aliphatic heterocycles. The van der Waals surface area contributed by atoms with E-state index >= 15 is 0 Å². The molecule has 12 bridgehead atoms. The van der Waals surface area contributed by atoms with Crippen LogP contribution in [0.3, 0.4) is 0 Å². The Kier molecular flexibility index (Phi) is 16.0. The monoisotopic (exact) mass is 1300 g/mol. The molecule has 21 rings (SSSR count). The minimum absolute atomic E-state index is 0.00116. The predicted octanol–water partition coefficient (Wildman–Crippen LogP) is 13.8. The van der Waals surface area contributed by atoms with Gasteiger partial charge in [-0.3, -0.25) is 4.74 Å². The molecule has 20 heteroatoms. The van der Waals surface area contributed by atoms with Gasteiger partial charge in [-0.05, 0) is 228 Å². The lowest BCUT2D eigenvalue weighted by Gasteiger charge is -2.35. The first-order chi connectivity index (χ1) is 44.2. The molecule has 462 valence electrons. The summed E-state index contributed by atoms with van der Waals surface area (Å²) in [5.41, 5.74) is 4.75. The van der Waals surface area contributed by atoms with E-state index in [1.807, 2.05) is 61.5 Å². The number of sulfone groups is 4. The van der Waals surface area contributed by atoms with E-state index in [1.54, 1.807) is 60.7 Å². The Bertz CT molecular complexity index is 5000. The van der Waals surface area contributed by atoms with Crippen LogP contribution in [0, 0.1) is 6.92 Å². The molecule has 0 saturated heterocycles. The molecule has 3 atom stereocenters. The molecule has 0 aliphatic carbocycles. The van der Waals surface area contributed by atoms with Gasteiger partial charge in [0, 0.05) is 0 Å². The summed E-state index contributed by atoms with van der Waals surface area (Å²) >= 11 is 0. The number of phenols is 2. The average Bonchev–Trinajstić information content (AvgIpc) is 0.960. The van der Waals surface area contributed by atoms with Gasteiger partial charge in [-0.1, -0.05) is 78.9 Å². The van der Waals surface area contributed by atoms with E-state index in [1.165, 1.54) is 146 Å². The fourth-order valence-electron chi connectivity index (χ4n) is 10.6. The van der Waals surface area contributed by atoms with Crippen LogP contribution in [-0.2, 0) is 63.3 Å². The summed E-state index contributed by atoms with van der Waals surface area (Å²) in [7, 11) is -16.3. The van der Waals surface area contributed by atoms with Crippen molar-refractivity contribution >= 4 is 39.3 Å². The van der Waals surface area contributed by atoms with Crippen molar-refractivity contribution in [2.75, 3.05) is 0 Å². The number of hydrogen-bond acceptors (Lipinski definition) is 16. The number of hydrogen-bond donors (Lipinski definition) is 2. The molecule has 10 aliphatic rings. The Balaban J connectivity index is 0.898. The first-order valence-electron chi connectivity index (χ1n) is 28.7. The standard InChI is InChI=1S/C72H54O16S4/c1-47-2-43-68-69(44-47)83-45-48-3-7-50(8-4-48)70(52-11-27-60(28-12-52)89(75,76)62-31-15-54(73)16-32-62)85-56-19-35-64(36-20-56)91(79,80)66-39-23-58(24-40-66)87-72(68)84-46-49-5-9-51(10-6-49)71(53-13-29-61(30-14-53)90(77,78)63-33-17-55(74)18-34-63)86-57-21-37-65(38-22-57)92(81,82)67-41-25-59(88-72)26-42-67/h2-44,70-71,73-74H,45-46H2,1H3. The molecule has 0 radical (unpaired) electrons. The maximum absolute atomic E-state index is 14.4. The van der Waals surface area contributed by atoms with Crippen LogP contribution in [0.25, 0.3) is 0 Å². The SMILES string of the molecule is Cc1ccc2c(c1)OCc1ccc(cc1)C(c1ccc(S(=O)(=O)c3ccc(O)cc3)cc1)Oc1ccc(cc1)S(=O)(=O)c1ccc(cc1)OC21OCc2ccc(cc2)C(c2ccc(S(=O)(=O)c3ccc(O)cc3)cc2)Oc2ccc(cc2)S(=O)(=O)c2ccc(cc2)O1. The van der Waals surface area contributed by atoms with E-state index in [-0.39, 0.29) is 86.7 Å². The summed E-state index contributed by atoms with van der Waals surface area (Å²) in [6.07, 6.45) is -1.69. The van der Waals surface area contributed by atoms with E-state index in [2.05, 4.69) is 0 Å². The highest BCUT2D eigenvalue weighted by Crippen LogP contribution is 2.42. The highest BCUT2D eigenvalue weighted by Gasteiger charge is 2.44. The molecule has 3 unspecified atom stereocenters. The second-order valence-electron chi connectivity index (χ2n) is 21.8. The van der Waals surface area contributed by atoms with Crippen molar-refractivity contribution in [3.05, 3.63) is 305 Å². The number of rotatable bonds is 6. The molecule has 11 aromatic carbocycles. The lowest BCUT2D eigenvalue weighted by atomic mass is 10.00. The number of fused-ring (bicyclic) bond motifs is 2. The first-order valence-corrected chi connectivity index (χ1v) is 34.6. The molecule has 0 saturated carbocycles. The molecular weight excluding hydrogens is 1250 g/mol. The molecule has 11 aromatic rings. The highest BCUT2D eigenvalue weighted by molar-refractivity contribution is 7.92. The van der Waals surface area contributed by atoms with Gasteiger partial charge in [0.1, 0.15) is 64.6 Å². The molecular formula is C72H54O16S4. The molecule has 16 nitrogen and oxygen atoms in total. The zero-order valence-electron chi connectivity index (χ0n) is 48.6. The maximum Gasteiger partial charge on any atom is 0.405 e. The van der Waals surface area contributed by atoms with Crippen LogP contribution in [0.2, 0.25) is 0 Å². The summed E-state index contributed by atoms with van der Waals surface area (Å²) in [6.45, 7) is 1.66. The van der Waals surface area contributed by atoms with E-state index < -0.39 is 57.5 Å². The third-order valence-corrected chi connectivity index (χ3v) is 22.8. The van der Waals surface area contributed by atoms with Gasteiger partial charge < -0.3 is 33.9 Å². The average molecular weight is 1300 g/mol. The molecule has 0 fully saturated rings. The van der Waals surface area contributed by atoms with Gasteiger partial charge in [-0.25, -0.2) is 33.7 Å². The van der Waals surface area contributed by atoms with E-state index in [0.717, 1.165) is 5.56 Å². The van der Waals surface area contributed by atoms with Gasteiger partial charge in [-0.2, -0.15) is 0 Å². The van der Waals surface area contributed by atoms with Crippen LogP contribution in [0.5, 0.6) is 40.2 Å². The van der Waals surface area contributed by atoms with Crippen LogP contribution in [0.15, 0.2) is 300 Å². The Morgan fingerprint density at radius 3 is 1.05 bits per heavy atom. The third kappa shape index (κ3) is 12.2. The lowest BCUT2D eigenvalue weighted by molar-refractivity contribution is -0.320. The summed E-state index contributed by atoms with van der Waals surface area (Å²) in [5, 5.41) is 19.6. The van der Waals surface area contributed by atoms with Crippen LogP contribution in [0.1, 0.15) is 56.7 Å². The van der Waals surface area contributed by atoms with E-state index in [0.29, 0.717) is 44.9 Å². The zero-order valence-corrected chi connectivity index (χ0v) is 51.9. The van der Waals surface area contributed by atoms with Gasteiger partial charge in [0.2, 0.25) is 39.3 Å². The predicted molar refractivity (Wildman–Crippen MR) is 338 cm³/mol.